The summed E-state index contributed by atoms with van der Waals surface area (Å²) in [6, 6.07) is 0. The summed E-state index contributed by atoms with van der Waals surface area (Å²) < 4.78 is 4.94. The number of methoxy groups -OCH3 is 1. The Bertz CT molecular complexity index is 192. The van der Waals surface area contributed by atoms with Crippen molar-refractivity contribution in [3.63, 3.8) is 0 Å². The van der Waals surface area contributed by atoms with Gasteiger partial charge in [-0.2, -0.15) is 0 Å². The van der Waals surface area contributed by atoms with Crippen LogP contribution in [0.4, 0.5) is 0 Å². The minimum absolute atomic E-state index is 0.524. The summed E-state index contributed by atoms with van der Waals surface area (Å²) in [5, 5.41) is 0. The topological polar surface area (TPSA) is 47.6 Å². The van der Waals surface area contributed by atoms with E-state index in [9.17, 15) is 0 Å². The van der Waals surface area contributed by atoms with Gasteiger partial charge in [-0.25, -0.2) is 0 Å². The zero-order valence-corrected chi connectivity index (χ0v) is 9.33. The van der Waals surface area contributed by atoms with Crippen LogP contribution in [0.25, 0.3) is 0 Å². The van der Waals surface area contributed by atoms with E-state index in [1.54, 1.807) is 7.11 Å². The Kier molecular flexibility index (Phi) is 4.94. The standard InChI is InChI=1S/C11H22N2O/c1-9-4-3-5-10(8-9)11(12)13-6-7-14-2/h9-10H,3-8H2,1-2H3,(H2,12,13). The highest BCUT2D eigenvalue weighted by Crippen LogP contribution is 2.28. The van der Waals surface area contributed by atoms with Gasteiger partial charge in [0, 0.05) is 13.0 Å². The van der Waals surface area contributed by atoms with Gasteiger partial charge >= 0.3 is 0 Å². The van der Waals surface area contributed by atoms with Crippen molar-refractivity contribution in [1.29, 1.82) is 0 Å². The molecule has 0 aliphatic heterocycles. The molecule has 0 saturated heterocycles. The van der Waals surface area contributed by atoms with E-state index in [0.29, 0.717) is 19.1 Å². The van der Waals surface area contributed by atoms with Gasteiger partial charge < -0.3 is 10.5 Å². The highest BCUT2D eigenvalue weighted by Gasteiger charge is 2.21. The third-order valence-electron chi connectivity index (χ3n) is 2.94. The molecule has 0 spiro atoms. The Hall–Kier alpha value is -0.570. The highest BCUT2D eigenvalue weighted by molar-refractivity contribution is 5.82. The molecule has 2 atom stereocenters. The molecule has 1 rings (SSSR count). The summed E-state index contributed by atoms with van der Waals surface area (Å²) in [5.74, 6) is 2.18. The van der Waals surface area contributed by atoms with Crippen LogP contribution in [-0.4, -0.2) is 26.1 Å². The fourth-order valence-corrected chi connectivity index (χ4v) is 2.10. The SMILES string of the molecule is COCCN=C(N)C1CCCC(C)C1. The van der Waals surface area contributed by atoms with E-state index in [1.807, 2.05) is 0 Å². The summed E-state index contributed by atoms with van der Waals surface area (Å²) in [7, 11) is 1.69. The molecule has 1 aliphatic rings. The first-order valence-electron chi connectivity index (χ1n) is 5.52. The van der Waals surface area contributed by atoms with Crippen LogP contribution in [0.5, 0.6) is 0 Å². The second kappa shape index (κ2) is 6.02. The van der Waals surface area contributed by atoms with E-state index in [4.69, 9.17) is 10.5 Å². The molecule has 2 unspecified atom stereocenters. The molecule has 14 heavy (non-hydrogen) atoms. The first kappa shape index (κ1) is 11.5. The smallest absolute Gasteiger partial charge is 0.0969 e. The molecule has 0 bridgehead atoms. The molecule has 0 aromatic heterocycles. The van der Waals surface area contributed by atoms with Gasteiger partial charge in [0.15, 0.2) is 0 Å². The number of amidine groups is 1. The van der Waals surface area contributed by atoms with Gasteiger partial charge in [0.2, 0.25) is 0 Å². The van der Waals surface area contributed by atoms with Crippen LogP contribution in [0, 0.1) is 11.8 Å². The molecular formula is C11H22N2O. The zero-order chi connectivity index (χ0) is 10.4. The maximum Gasteiger partial charge on any atom is 0.0969 e. The summed E-state index contributed by atoms with van der Waals surface area (Å²) in [5.41, 5.74) is 5.95. The molecule has 0 aromatic rings. The third kappa shape index (κ3) is 3.66. The van der Waals surface area contributed by atoms with Gasteiger partial charge in [0.05, 0.1) is 19.0 Å². The van der Waals surface area contributed by atoms with Crippen LogP contribution in [0.3, 0.4) is 0 Å². The fraction of sp³-hybridized carbons (Fsp3) is 0.909. The molecular weight excluding hydrogens is 176 g/mol. The second-order valence-electron chi connectivity index (χ2n) is 4.27. The van der Waals surface area contributed by atoms with Gasteiger partial charge in [-0.05, 0) is 18.8 Å². The maximum atomic E-state index is 5.95. The lowest BCUT2D eigenvalue weighted by molar-refractivity contribution is 0.207. The molecule has 3 nitrogen and oxygen atoms in total. The molecule has 0 radical (unpaired) electrons. The molecule has 1 aliphatic carbocycles. The van der Waals surface area contributed by atoms with E-state index in [-0.39, 0.29) is 0 Å². The summed E-state index contributed by atoms with van der Waals surface area (Å²) in [6.45, 7) is 3.67. The van der Waals surface area contributed by atoms with Crippen molar-refractivity contribution in [3.8, 4) is 0 Å². The normalized spacial score (nSPS) is 29.1. The van der Waals surface area contributed by atoms with Crippen molar-refractivity contribution >= 4 is 5.84 Å². The minimum atomic E-state index is 0.524. The van der Waals surface area contributed by atoms with Crippen molar-refractivity contribution in [2.24, 2.45) is 22.6 Å². The number of hydrogen-bond acceptors (Lipinski definition) is 2. The molecule has 3 heteroatoms. The Morgan fingerprint density at radius 1 is 1.50 bits per heavy atom. The van der Waals surface area contributed by atoms with Gasteiger partial charge in [-0.1, -0.05) is 19.8 Å². The average molecular weight is 198 g/mol. The molecule has 1 fully saturated rings. The Morgan fingerprint density at radius 2 is 2.29 bits per heavy atom. The van der Waals surface area contributed by atoms with Crippen molar-refractivity contribution in [3.05, 3.63) is 0 Å². The lowest BCUT2D eigenvalue weighted by Crippen LogP contribution is -2.28. The number of nitrogens with two attached hydrogens (primary N) is 1. The monoisotopic (exact) mass is 198 g/mol. The second-order valence-corrected chi connectivity index (χ2v) is 4.27. The summed E-state index contributed by atoms with van der Waals surface area (Å²) in [6.07, 6.45) is 5.07. The van der Waals surface area contributed by atoms with Crippen molar-refractivity contribution < 1.29 is 4.74 Å². The van der Waals surface area contributed by atoms with Gasteiger partial charge in [0.25, 0.3) is 0 Å². The minimum Gasteiger partial charge on any atom is -0.387 e. The van der Waals surface area contributed by atoms with E-state index >= 15 is 0 Å². The van der Waals surface area contributed by atoms with Crippen molar-refractivity contribution in [1.82, 2.24) is 0 Å². The predicted octanol–water partition coefficient (Wildman–Crippen LogP) is 1.82. The summed E-state index contributed by atoms with van der Waals surface area (Å²) in [4.78, 5) is 4.34. The van der Waals surface area contributed by atoms with Crippen LogP contribution >= 0.6 is 0 Å². The van der Waals surface area contributed by atoms with E-state index in [0.717, 1.165) is 11.8 Å². The van der Waals surface area contributed by atoms with Gasteiger partial charge in [-0.15, -0.1) is 0 Å². The number of nitrogens with zero attached hydrogens (tertiary/aromatic N) is 1. The highest BCUT2D eigenvalue weighted by atomic mass is 16.5. The first-order valence-corrected chi connectivity index (χ1v) is 5.52. The van der Waals surface area contributed by atoms with Crippen LogP contribution in [0.2, 0.25) is 0 Å². The van der Waals surface area contributed by atoms with Crippen LogP contribution in [-0.2, 0) is 4.74 Å². The predicted molar refractivity (Wildman–Crippen MR) is 59.5 cm³/mol. The molecule has 0 amide bonds. The Morgan fingerprint density at radius 3 is 2.93 bits per heavy atom. The van der Waals surface area contributed by atoms with Gasteiger partial charge in [-0.3, -0.25) is 4.99 Å². The van der Waals surface area contributed by atoms with E-state index < -0.39 is 0 Å². The van der Waals surface area contributed by atoms with Gasteiger partial charge in [0.1, 0.15) is 0 Å². The third-order valence-corrected chi connectivity index (χ3v) is 2.94. The number of ether oxygens (including phenoxy) is 1. The molecule has 0 heterocycles. The van der Waals surface area contributed by atoms with Crippen molar-refractivity contribution in [2.75, 3.05) is 20.3 Å². The maximum absolute atomic E-state index is 5.95. The average Bonchev–Trinajstić information content (AvgIpc) is 2.18. The first-order chi connectivity index (χ1) is 6.74. The van der Waals surface area contributed by atoms with Crippen molar-refractivity contribution in [2.45, 2.75) is 32.6 Å². The molecule has 1 saturated carbocycles. The van der Waals surface area contributed by atoms with Crippen LogP contribution in [0.1, 0.15) is 32.6 Å². The largest absolute Gasteiger partial charge is 0.387 e. The number of rotatable bonds is 4. The van der Waals surface area contributed by atoms with E-state index in [1.165, 1.54) is 25.7 Å². The molecule has 82 valence electrons. The fourth-order valence-electron chi connectivity index (χ4n) is 2.10. The zero-order valence-electron chi connectivity index (χ0n) is 9.33. The summed E-state index contributed by atoms with van der Waals surface area (Å²) >= 11 is 0. The molecule has 2 N–H and O–H groups in total. The Balaban J connectivity index is 2.34. The number of aliphatic imine (C=N–C) groups is 1. The van der Waals surface area contributed by atoms with Crippen LogP contribution < -0.4 is 5.73 Å². The Labute approximate surface area is 86.7 Å². The van der Waals surface area contributed by atoms with E-state index in [2.05, 4.69) is 11.9 Å². The number of hydrogen-bond donors (Lipinski definition) is 1. The quantitative estimate of drug-likeness (QED) is 0.425. The van der Waals surface area contributed by atoms with Crippen LogP contribution in [0.15, 0.2) is 4.99 Å². The lowest BCUT2D eigenvalue weighted by Gasteiger charge is -2.26. The lowest BCUT2D eigenvalue weighted by atomic mass is 9.82. The molecule has 0 aromatic carbocycles.